The van der Waals surface area contributed by atoms with Gasteiger partial charge in [0.05, 0.1) is 11.4 Å². The Kier molecular flexibility index (Phi) is 3.63. The number of nitrogens with one attached hydrogen (secondary N) is 1. The van der Waals surface area contributed by atoms with Crippen LogP contribution in [0.5, 0.6) is 0 Å². The van der Waals surface area contributed by atoms with Crippen molar-refractivity contribution in [2.45, 2.75) is 13.5 Å². The highest BCUT2D eigenvalue weighted by Gasteiger charge is 2.13. The van der Waals surface area contributed by atoms with Gasteiger partial charge in [-0.3, -0.25) is 19.1 Å². The Hall–Kier alpha value is -1.47. The van der Waals surface area contributed by atoms with Gasteiger partial charge in [0.1, 0.15) is 0 Å². The van der Waals surface area contributed by atoms with E-state index in [0.717, 1.165) is 0 Å². The molecule has 1 N–H and O–H groups in total. The Morgan fingerprint density at radius 3 is 2.83 bits per heavy atom. The lowest BCUT2D eigenvalue weighted by Crippen LogP contribution is -2.32. The predicted octanol–water partition coefficient (Wildman–Crippen LogP) is 1.55. The summed E-state index contributed by atoms with van der Waals surface area (Å²) in [7, 11) is 0. The third-order valence-corrected chi connectivity index (χ3v) is 4.25. The highest BCUT2D eigenvalue weighted by atomic mass is 79.9. The van der Waals surface area contributed by atoms with Crippen LogP contribution in [0.1, 0.15) is 15.2 Å². The van der Waals surface area contributed by atoms with E-state index in [0.29, 0.717) is 14.9 Å². The van der Waals surface area contributed by atoms with Gasteiger partial charge in [-0.05, 0) is 34.3 Å². The van der Waals surface area contributed by atoms with Crippen LogP contribution in [0.25, 0.3) is 0 Å². The van der Waals surface area contributed by atoms with Gasteiger partial charge in [0.2, 0.25) is 0 Å². The van der Waals surface area contributed by atoms with Crippen LogP contribution in [0.15, 0.2) is 31.7 Å². The average Bonchev–Trinajstić information content (AvgIpc) is 2.72. The molecule has 0 amide bonds. The van der Waals surface area contributed by atoms with E-state index in [1.54, 1.807) is 18.4 Å². The summed E-state index contributed by atoms with van der Waals surface area (Å²) in [5, 5.41) is 1.79. The Balaban J connectivity index is 2.33. The molecule has 0 saturated heterocycles. The van der Waals surface area contributed by atoms with Crippen LogP contribution in [-0.4, -0.2) is 15.3 Å². The summed E-state index contributed by atoms with van der Waals surface area (Å²) in [5.41, 5.74) is -0.611. The molecule has 0 spiro atoms. The first-order valence-corrected chi connectivity index (χ1v) is 6.73. The number of aryl methyl sites for hydroxylation is 1. The molecule has 94 valence electrons. The molecule has 0 aliphatic heterocycles. The van der Waals surface area contributed by atoms with Crippen molar-refractivity contribution in [3.05, 3.63) is 53.4 Å². The number of aromatic amines is 1. The predicted molar refractivity (Wildman–Crippen MR) is 72.4 cm³/mol. The quantitative estimate of drug-likeness (QED) is 0.869. The number of carbonyl (C=O) groups is 1. The minimum atomic E-state index is -0.577. The molecule has 2 rings (SSSR count). The van der Waals surface area contributed by atoms with Gasteiger partial charge >= 0.3 is 5.69 Å². The zero-order chi connectivity index (χ0) is 13.3. The number of H-pyrrole nitrogens is 1. The minimum Gasteiger partial charge on any atom is -0.292 e. The molecular formula is C11H9BrN2O3S. The fourth-order valence-corrected chi connectivity index (χ4v) is 2.98. The summed E-state index contributed by atoms with van der Waals surface area (Å²) in [6.07, 6.45) is 1.39. The van der Waals surface area contributed by atoms with E-state index in [4.69, 9.17) is 0 Å². The van der Waals surface area contributed by atoms with Gasteiger partial charge in [-0.1, -0.05) is 0 Å². The Bertz CT molecular complexity index is 714. The summed E-state index contributed by atoms with van der Waals surface area (Å²) >= 11 is 4.58. The largest absolute Gasteiger partial charge is 0.328 e. The summed E-state index contributed by atoms with van der Waals surface area (Å²) in [6, 6.07) is 1.78. The molecule has 18 heavy (non-hydrogen) atoms. The van der Waals surface area contributed by atoms with Crippen molar-refractivity contribution in [1.29, 1.82) is 0 Å². The normalized spacial score (nSPS) is 10.6. The molecule has 0 aliphatic rings. The molecule has 0 fully saturated rings. The smallest absolute Gasteiger partial charge is 0.292 e. The van der Waals surface area contributed by atoms with Gasteiger partial charge in [-0.15, -0.1) is 11.3 Å². The highest BCUT2D eigenvalue weighted by Crippen LogP contribution is 2.23. The summed E-state index contributed by atoms with van der Waals surface area (Å²) < 4.78 is 1.91. The van der Waals surface area contributed by atoms with Crippen molar-refractivity contribution in [3.63, 3.8) is 0 Å². The molecule has 2 heterocycles. The number of halogens is 1. The first-order chi connectivity index (χ1) is 8.49. The Morgan fingerprint density at radius 1 is 1.50 bits per heavy atom. The molecule has 2 aromatic rings. The third-order valence-electron chi connectivity index (χ3n) is 2.37. The topological polar surface area (TPSA) is 71.9 Å². The number of aromatic nitrogens is 2. The maximum Gasteiger partial charge on any atom is 0.328 e. The lowest BCUT2D eigenvalue weighted by Gasteiger charge is -2.04. The third kappa shape index (κ3) is 2.51. The zero-order valence-electron chi connectivity index (χ0n) is 9.40. The second-order valence-electron chi connectivity index (χ2n) is 3.72. The highest BCUT2D eigenvalue weighted by molar-refractivity contribution is 9.10. The van der Waals surface area contributed by atoms with E-state index >= 15 is 0 Å². The summed E-state index contributed by atoms with van der Waals surface area (Å²) in [5.74, 6) is -0.176. The number of nitrogens with zero attached hydrogens (tertiary/aromatic N) is 1. The SMILES string of the molecule is Cc1cn(CC(=O)c2sccc2Br)c(=O)[nH]c1=O. The minimum absolute atomic E-state index is 0.0877. The first-order valence-electron chi connectivity index (χ1n) is 5.05. The van der Waals surface area contributed by atoms with E-state index in [2.05, 4.69) is 20.9 Å². The van der Waals surface area contributed by atoms with Crippen LogP contribution in [0.2, 0.25) is 0 Å². The van der Waals surface area contributed by atoms with E-state index in [1.165, 1.54) is 22.1 Å². The van der Waals surface area contributed by atoms with Crippen LogP contribution in [0.4, 0.5) is 0 Å². The Labute approximate surface area is 114 Å². The maximum absolute atomic E-state index is 12.0. The van der Waals surface area contributed by atoms with Gasteiger partial charge in [0.25, 0.3) is 5.56 Å². The van der Waals surface area contributed by atoms with E-state index in [9.17, 15) is 14.4 Å². The van der Waals surface area contributed by atoms with Crippen LogP contribution in [-0.2, 0) is 6.54 Å². The van der Waals surface area contributed by atoms with E-state index in [-0.39, 0.29) is 12.3 Å². The number of hydrogen-bond donors (Lipinski definition) is 1. The Morgan fingerprint density at radius 2 is 2.22 bits per heavy atom. The van der Waals surface area contributed by atoms with Gasteiger partial charge in [-0.25, -0.2) is 4.79 Å². The maximum atomic E-state index is 12.0. The van der Waals surface area contributed by atoms with Gasteiger partial charge in [-0.2, -0.15) is 0 Å². The fourth-order valence-electron chi connectivity index (χ4n) is 1.46. The van der Waals surface area contributed by atoms with Crippen molar-refractivity contribution in [2.75, 3.05) is 0 Å². The molecule has 0 unspecified atom stereocenters. The van der Waals surface area contributed by atoms with Gasteiger partial charge in [0.15, 0.2) is 5.78 Å². The standard InChI is InChI=1S/C11H9BrN2O3S/c1-6-4-14(11(17)13-10(6)16)5-8(15)9-7(12)2-3-18-9/h2-4H,5H2,1H3,(H,13,16,17). The van der Waals surface area contributed by atoms with Crippen LogP contribution in [0, 0.1) is 6.92 Å². The molecule has 0 bridgehead atoms. The van der Waals surface area contributed by atoms with Crippen LogP contribution < -0.4 is 11.2 Å². The number of carbonyl (C=O) groups excluding carboxylic acids is 1. The van der Waals surface area contributed by atoms with Gasteiger partial charge in [0, 0.05) is 16.2 Å². The summed E-state index contributed by atoms with van der Waals surface area (Å²) in [6.45, 7) is 1.50. The second-order valence-corrected chi connectivity index (χ2v) is 5.49. The van der Waals surface area contributed by atoms with Crippen molar-refractivity contribution in [2.24, 2.45) is 0 Å². The number of hydrogen-bond acceptors (Lipinski definition) is 4. The molecule has 0 radical (unpaired) electrons. The van der Waals surface area contributed by atoms with Crippen molar-refractivity contribution >= 4 is 33.0 Å². The molecule has 7 heteroatoms. The van der Waals surface area contributed by atoms with E-state index < -0.39 is 11.2 Å². The fraction of sp³-hybridized carbons (Fsp3) is 0.182. The number of ketones is 1. The summed E-state index contributed by atoms with van der Waals surface area (Å²) in [4.78, 5) is 37.4. The second kappa shape index (κ2) is 5.03. The molecule has 0 aliphatic carbocycles. The molecule has 5 nitrogen and oxygen atoms in total. The van der Waals surface area contributed by atoms with Crippen LogP contribution in [0.3, 0.4) is 0 Å². The van der Waals surface area contributed by atoms with Crippen molar-refractivity contribution in [3.8, 4) is 0 Å². The number of thiophene rings is 1. The van der Waals surface area contributed by atoms with Gasteiger partial charge < -0.3 is 0 Å². The molecule has 2 aromatic heterocycles. The number of rotatable bonds is 3. The molecule has 0 saturated carbocycles. The van der Waals surface area contributed by atoms with Crippen molar-refractivity contribution < 1.29 is 4.79 Å². The van der Waals surface area contributed by atoms with Crippen molar-refractivity contribution in [1.82, 2.24) is 9.55 Å². The molecular weight excluding hydrogens is 320 g/mol. The first kappa shape index (κ1) is 13.0. The average molecular weight is 329 g/mol. The number of Topliss-reactive ketones (excluding diaryl/α,β-unsaturated/α-hetero) is 1. The molecule has 0 aromatic carbocycles. The monoisotopic (exact) mass is 328 g/mol. The van der Waals surface area contributed by atoms with Crippen LogP contribution >= 0.6 is 27.3 Å². The van der Waals surface area contributed by atoms with E-state index in [1.807, 2.05) is 0 Å². The molecule has 0 atom stereocenters. The lowest BCUT2D eigenvalue weighted by molar-refractivity contribution is 0.0973. The lowest BCUT2D eigenvalue weighted by atomic mass is 10.3. The zero-order valence-corrected chi connectivity index (χ0v) is 11.8.